The first-order valence-electron chi connectivity index (χ1n) is 4.50. The molecule has 0 aliphatic carbocycles. The van der Waals surface area contributed by atoms with Gasteiger partial charge in [0.15, 0.2) is 0 Å². The van der Waals surface area contributed by atoms with Gasteiger partial charge in [0.05, 0.1) is 12.7 Å². The first-order valence-corrected chi connectivity index (χ1v) is 4.50. The van der Waals surface area contributed by atoms with Gasteiger partial charge in [-0.1, -0.05) is 0 Å². The summed E-state index contributed by atoms with van der Waals surface area (Å²) in [6.07, 6.45) is 0.148. The van der Waals surface area contributed by atoms with Gasteiger partial charge in [-0.25, -0.2) is 4.79 Å². The zero-order chi connectivity index (χ0) is 10.3. The van der Waals surface area contributed by atoms with Crippen molar-refractivity contribution in [2.24, 2.45) is 0 Å². The number of nitrogens with zero attached hydrogens (tertiary/aromatic N) is 1. The van der Waals surface area contributed by atoms with Crippen molar-refractivity contribution in [1.29, 1.82) is 0 Å². The second kappa shape index (κ2) is 6.71. The minimum atomic E-state index is -0.575. The van der Waals surface area contributed by atoms with E-state index < -0.39 is 6.16 Å². The molecule has 0 fully saturated rings. The van der Waals surface area contributed by atoms with Crippen molar-refractivity contribution in [2.45, 2.75) is 26.4 Å². The Bertz CT molecular complexity index is 146. The van der Waals surface area contributed by atoms with Crippen LogP contribution in [0.25, 0.3) is 0 Å². The van der Waals surface area contributed by atoms with Crippen LogP contribution in [0.2, 0.25) is 0 Å². The highest BCUT2D eigenvalue weighted by molar-refractivity contribution is 5.59. The molecule has 0 bridgehead atoms. The largest absolute Gasteiger partial charge is 0.508 e. The monoisotopic (exact) mass is 189 g/mol. The highest BCUT2D eigenvalue weighted by Gasteiger charge is 2.05. The van der Waals surface area contributed by atoms with Crippen LogP contribution in [0.1, 0.15) is 20.3 Å². The molecule has 0 atom stereocenters. The van der Waals surface area contributed by atoms with E-state index in [9.17, 15) is 4.79 Å². The van der Waals surface area contributed by atoms with Crippen LogP contribution >= 0.6 is 0 Å². The van der Waals surface area contributed by atoms with Crippen LogP contribution < -0.4 is 0 Å². The molecule has 78 valence electrons. The summed E-state index contributed by atoms with van der Waals surface area (Å²) in [6.45, 7) is 4.92. The van der Waals surface area contributed by atoms with E-state index in [0.29, 0.717) is 6.61 Å². The molecule has 0 saturated carbocycles. The molecule has 0 spiro atoms. The lowest BCUT2D eigenvalue weighted by Gasteiger charge is -2.10. The van der Waals surface area contributed by atoms with Gasteiger partial charge >= 0.3 is 6.16 Å². The molecule has 0 heterocycles. The maximum Gasteiger partial charge on any atom is 0.508 e. The minimum Gasteiger partial charge on any atom is -0.434 e. The fourth-order valence-electron chi connectivity index (χ4n) is 0.763. The Morgan fingerprint density at radius 2 is 2.00 bits per heavy atom. The summed E-state index contributed by atoms with van der Waals surface area (Å²) in [7, 11) is 3.96. The third-order valence-electron chi connectivity index (χ3n) is 1.30. The van der Waals surface area contributed by atoms with Crippen LogP contribution in [0.15, 0.2) is 0 Å². The van der Waals surface area contributed by atoms with Gasteiger partial charge in [-0.3, -0.25) is 0 Å². The van der Waals surface area contributed by atoms with Gasteiger partial charge in [0.25, 0.3) is 0 Å². The molecule has 13 heavy (non-hydrogen) atoms. The third-order valence-corrected chi connectivity index (χ3v) is 1.30. The summed E-state index contributed by atoms with van der Waals surface area (Å²) < 4.78 is 9.60. The van der Waals surface area contributed by atoms with E-state index in [1.165, 1.54) is 0 Å². The molecule has 4 nitrogen and oxygen atoms in total. The van der Waals surface area contributed by atoms with Crippen LogP contribution in [0.4, 0.5) is 4.79 Å². The molecule has 0 amide bonds. The summed E-state index contributed by atoms with van der Waals surface area (Å²) in [5.41, 5.74) is 0. The first-order chi connectivity index (χ1) is 6.02. The van der Waals surface area contributed by atoms with Crippen LogP contribution in [0.5, 0.6) is 0 Å². The lowest BCUT2D eigenvalue weighted by molar-refractivity contribution is 0.0331. The Balaban J connectivity index is 3.27. The van der Waals surface area contributed by atoms with E-state index in [1.54, 1.807) is 13.8 Å². The van der Waals surface area contributed by atoms with Crippen molar-refractivity contribution in [1.82, 2.24) is 4.90 Å². The maximum atomic E-state index is 10.8. The zero-order valence-electron chi connectivity index (χ0n) is 8.87. The predicted octanol–water partition coefficient (Wildman–Crippen LogP) is 1.50. The van der Waals surface area contributed by atoms with E-state index >= 15 is 0 Å². The second-order valence-corrected chi connectivity index (χ2v) is 3.42. The van der Waals surface area contributed by atoms with Crippen molar-refractivity contribution < 1.29 is 14.3 Å². The molecule has 0 unspecified atom stereocenters. The summed E-state index contributed by atoms with van der Waals surface area (Å²) in [5, 5.41) is 0. The standard InChI is InChI=1S/C9H19NO3/c1-8(2)13-9(11)12-7-5-6-10(3)4/h8H,5-7H2,1-4H3. The number of hydrogen-bond donors (Lipinski definition) is 0. The summed E-state index contributed by atoms with van der Waals surface area (Å²) >= 11 is 0. The van der Waals surface area contributed by atoms with Crippen molar-refractivity contribution in [3.63, 3.8) is 0 Å². The number of ether oxygens (including phenoxy) is 2. The zero-order valence-corrected chi connectivity index (χ0v) is 8.87. The van der Waals surface area contributed by atoms with Gasteiger partial charge in [-0.05, 0) is 34.4 Å². The Kier molecular flexibility index (Phi) is 6.32. The van der Waals surface area contributed by atoms with Crippen LogP contribution in [-0.4, -0.2) is 44.4 Å². The Hall–Kier alpha value is -0.770. The van der Waals surface area contributed by atoms with Crippen molar-refractivity contribution in [3.8, 4) is 0 Å². The maximum absolute atomic E-state index is 10.8. The Morgan fingerprint density at radius 1 is 1.38 bits per heavy atom. The average molecular weight is 189 g/mol. The molecule has 0 aliphatic rings. The Labute approximate surface area is 79.8 Å². The third kappa shape index (κ3) is 9.14. The second-order valence-electron chi connectivity index (χ2n) is 3.42. The summed E-state index contributed by atoms with van der Waals surface area (Å²) in [6, 6.07) is 0. The molecule has 0 aromatic rings. The molecule has 0 aromatic heterocycles. The lowest BCUT2D eigenvalue weighted by atomic mass is 10.4. The molecule has 4 heteroatoms. The first kappa shape index (κ1) is 12.2. The quantitative estimate of drug-likeness (QED) is 0.485. The molecular formula is C9H19NO3. The molecule has 0 saturated heterocycles. The highest BCUT2D eigenvalue weighted by Crippen LogP contribution is 1.94. The topological polar surface area (TPSA) is 38.8 Å². The SMILES string of the molecule is CC(C)OC(=O)OCCCN(C)C. The van der Waals surface area contributed by atoms with E-state index in [1.807, 2.05) is 19.0 Å². The van der Waals surface area contributed by atoms with E-state index in [4.69, 9.17) is 9.47 Å². The number of hydrogen-bond acceptors (Lipinski definition) is 4. The summed E-state index contributed by atoms with van der Waals surface area (Å²) in [4.78, 5) is 12.9. The van der Waals surface area contributed by atoms with E-state index in [-0.39, 0.29) is 6.10 Å². The average Bonchev–Trinajstić information content (AvgIpc) is 1.96. The van der Waals surface area contributed by atoms with Crippen LogP contribution in [0.3, 0.4) is 0 Å². The number of carbonyl (C=O) groups excluding carboxylic acids is 1. The van der Waals surface area contributed by atoms with Crippen molar-refractivity contribution in [2.75, 3.05) is 27.2 Å². The van der Waals surface area contributed by atoms with Gasteiger partial charge < -0.3 is 14.4 Å². The predicted molar refractivity (Wildman–Crippen MR) is 50.7 cm³/mol. The Morgan fingerprint density at radius 3 is 2.46 bits per heavy atom. The van der Waals surface area contributed by atoms with Gasteiger partial charge in [0.1, 0.15) is 0 Å². The fourth-order valence-corrected chi connectivity index (χ4v) is 0.763. The number of carbonyl (C=O) groups is 1. The highest BCUT2D eigenvalue weighted by atomic mass is 16.7. The van der Waals surface area contributed by atoms with Gasteiger partial charge in [-0.2, -0.15) is 0 Å². The van der Waals surface area contributed by atoms with E-state index in [2.05, 4.69) is 0 Å². The van der Waals surface area contributed by atoms with Gasteiger partial charge in [0.2, 0.25) is 0 Å². The molecule has 0 radical (unpaired) electrons. The van der Waals surface area contributed by atoms with Gasteiger partial charge in [0, 0.05) is 6.54 Å². The molecule has 0 rings (SSSR count). The minimum absolute atomic E-state index is 0.110. The normalized spacial score (nSPS) is 10.6. The molecular weight excluding hydrogens is 170 g/mol. The molecule has 0 N–H and O–H groups in total. The van der Waals surface area contributed by atoms with Crippen LogP contribution in [0, 0.1) is 0 Å². The fraction of sp³-hybridized carbons (Fsp3) is 0.889. The van der Waals surface area contributed by atoms with Crippen molar-refractivity contribution in [3.05, 3.63) is 0 Å². The smallest absolute Gasteiger partial charge is 0.434 e. The molecule has 0 aromatic carbocycles. The van der Waals surface area contributed by atoms with Crippen LogP contribution in [-0.2, 0) is 9.47 Å². The number of rotatable bonds is 5. The lowest BCUT2D eigenvalue weighted by Crippen LogP contribution is -2.18. The summed E-state index contributed by atoms with van der Waals surface area (Å²) in [5.74, 6) is 0. The van der Waals surface area contributed by atoms with Crippen molar-refractivity contribution >= 4 is 6.16 Å². The molecule has 0 aliphatic heterocycles. The van der Waals surface area contributed by atoms with Gasteiger partial charge in [-0.15, -0.1) is 0 Å². The van der Waals surface area contributed by atoms with E-state index in [0.717, 1.165) is 13.0 Å².